The molecule has 200 valence electrons. The molecule has 2 aliphatic heterocycles. The van der Waals surface area contributed by atoms with Gasteiger partial charge in [-0.15, -0.1) is 0 Å². The molecular weight excluding hydrogens is 516 g/mol. The van der Waals surface area contributed by atoms with Crippen LogP contribution in [-0.2, 0) is 43.5 Å². The zero-order valence-corrected chi connectivity index (χ0v) is 21.0. The number of phosphoric ester groups is 1. The first-order chi connectivity index (χ1) is 17.3. The van der Waals surface area contributed by atoms with E-state index in [0.29, 0.717) is 23.7 Å². The van der Waals surface area contributed by atoms with Gasteiger partial charge in [0.25, 0.3) is 0 Å². The van der Waals surface area contributed by atoms with E-state index in [-0.39, 0.29) is 12.2 Å². The Hall–Kier alpha value is -3.52. The number of imide groups is 1. The number of phosphoric acid groups is 1. The summed E-state index contributed by atoms with van der Waals surface area (Å²) < 4.78 is 41.8. The van der Waals surface area contributed by atoms with Crippen molar-refractivity contribution in [3.8, 4) is 0 Å². The van der Waals surface area contributed by atoms with Gasteiger partial charge in [-0.25, -0.2) is 28.0 Å². The molecule has 2 atom stereocenters. The fraction of sp³-hybridized carbons (Fsp3) is 0.429. The number of amides is 3. The Bertz CT molecular complexity index is 1260. The maximum Gasteiger partial charge on any atom is 0.472 e. The van der Waals surface area contributed by atoms with Crippen LogP contribution in [0, 0.1) is 5.82 Å². The molecule has 1 saturated heterocycles. The minimum atomic E-state index is -4.93. The van der Waals surface area contributed by atoms with E-state index in [0.717, 1.165) is 25.1 Å². The van der Waals surface area contributed by atoms with Crippen LogP contribution < -0.4 is 9.80 Å². The zero-order valence-electron chi connectivity index (χ0n) is 20.1. The van der Waals surface area contributed by atoms with Gasteiger partial charge >= 0.3 is 20.0 Å². The van der Waals surface area contributed by atoms with Crippen LogP contribution in [0.25, 0.3) is 0 Å². The van der Waals surface area contributed by atoms with Gasteiger partial charge in [-0.2, -0.15) is 5.10 Å². The molecule has 0 saturated carbocycles. The second kappa shape index (κ2) is 10.1. The van der Waals surface area contributed by atoms with Gasteiger partial charge in [0.2, 0.25) is 12.2 Å². The zero-order chi connectivity index (χ0) is 27.1. The lowest BCUT2D eigenvalue weighted by Crippen LogP contribution is -2.43. The Kier molecular flexibility index (Phi) is 7.24. The number of anilines is 2. The molecule has 4 rings (SSSR count). The van der Waals surface area contributed by atoms with Crippen LogP contribution in [0.2, 0.25) is 0 Å². The van der Waals surface area contributed by atoms with Crippen LogP contribution >= 0.6 is 7.82 Å². The molecule has 14 nitrogen and oxygen atoms in total. The molecule has 1 aromatic carbocycles. The van der Waals surface area contributed by atoms with Crippen LogP contribution in [0.3, 0.4) is 0 Å². The number of aromatic nitrogens is 2. The van der Waals surface area contributed by atoms with Gasteiger partial charge in [0, 0.05) is 32.3 Å². The average molecular weight is 541 g/mol. The summed E-state index contributed by atoms with van der Waals surface area (Å²) in [5.41, 5.74) is 2.46. The minimum absolute atomic E-state index is 0.0943. The van der Waals surface area contributed by atoms with Crippen molar-refractivity contribution in [2.24, 2.45) is 7.05 Å². The molecule has 2 N–H and O–H groups in total. The first-order valence-corrected chi connectivity index (χ1v) is 12.6. The van der Waals surface area contributed by atoms with Crippen LogP contribution in [0.15, 0.2) is 24.4 Å². The predicted molar refractivity (Wildman–Crippen MR) is 124 cm³/mol. The summed E-state index contributed by atoms with van der Waals surface area (Å²) >= 11 is 0. The van der Waals surface area contributed by atoms with Crippen LogP contribution in [-0.4, -0.2) is 68.0 Å². The van der Waals surface area contributed by atoms with Crippen LogP contribution in [0.4, 0.5) is 25.4 Å². The van der Waals surface area contributed by atoms with Crippen LogP contribution in [0.5, 0.6) is 0 Å². The molecule has 0 radical (unpaired) electrons. The smallest absolute Gasteiger partial charge is 0.442 e. The molecule has 2 aromatic rings. The lowest BCUT2D eigenvalue weighted by atomic mass is 10.2. The summed E-state index contributed by atoms with van der Waals surface area (Å²) in [4.78, 5) is 58.0. The standard InChI is InChI=1S/C21H25FN5O9P/c1-12(28)26(20(29)34-13(2)36-37(31,32)33)9-16-10-27(21(30)35-16)15-4-5-19(17(22)6-15)25-8-14-7-24(3)23-18(14)11-25/h4-7,13,16H,8-11H2,1-3H3,(H2,31,32,33). The molecule has 1 fully saturated rings. The molecular formula is C21H25FN5O9P. The van der Waals surface area contributed by atoms with Gasteiger partial charge in [-0.3, -0.25) is 14.4 Å². The molecule has 0 spiro atoms. The number of benzene rings is 1. The number of halogens is 1. The van der Waals surface area contributed by atoms with Gasteiger partial charge in [-0.1, -0.05) is 0 Å². The van der Waals surface area contributed by atoms with E-state index in [1.807, 2.05) is 18.1 Å². The van der Waals surface area contributed by atoms with E-state index in [9.17, 15) is 18.9 Å². The molecule has 0 bridgehead atoms. The number of rotatable bonds is 7. The van der Waals surface area contributed by atoms with E-state index < -0.39 is 50.7 Å². The number of cyclic esters (lactones) is 1. The number of carbonyl (C=O) groups excluding carboxylic acids is 3. The summed E-state index contributed by atoms with van der Waals surface area (Å²) in [7, 11) is -3.11. The third-order valence-corrected chi connectivity index (χ3v) is 6.26. The van der Waals surface area contributed by atoms with Crippen molar-refractivity contribution in [1.82, 2.24) is 14.7 Å². The molecule has 16 heteroatoms. The van der Waals surface area contributed by atoms with Gasteiger partial charge in [0.15, 0.2) is 0 Å². The van der Waals surface area contributed by atoms with Crippen molar-refractivity contribution in [2.45, 2.75) is 39.3 Å². The number of carbonyl (C=O) groups is 3. The fourth-order valence-corrected chi connectivity index (χ4v) is 4.59. The van der Waals surface area contributed by atoms with Crippen molar-refractivity contribution < 1.29 is 47.1 Å². The average Bonchev–Trinajstić information content (AvgIpc) is 3.42. The lowest BCUT2D eigenvalue weighted by Gasteiger charge is -2.23. The van der Waals surface area contributed by atoms with Gasteiger partial charge in [0.1, 0.15) is 11.9 Å². The number of aryl methyl sites for hydroxylation is 1. The van der Waals surface area contributed by atoms with E-state index in [2.05, 4.69) is 9.62 Å². The summed E-state index contributed by atoms with van der Waals surface area (Å²) in [6, 6.07) is 4.32. The largest absolute Gasteiger partial charge is 0.472 e. The Morgan fingerprint density at radius 2 is 2.08 bits per heavy atom. The number of hydrogen-bond acceptors (Lipinski definition) is 9. The summed E-state index contributed by atoms with van der Waals surface area (Å²) in [6.45, 7) is 2.58. The van der Waals surface area contributed by atoms with Crippen molar-refractivity contribution >= 4 is 37.3 Å². The Morgan fingerprint density at radius 1 is 1.35 bits per heavy atom. The Morgan fingerprint density at radius 3 is 2.70 bits per heavy atom. The molecule has 1 aromatic heterocycles. The molecule has 0 aliphatic carbocycles. The summed E-state index contributed by atoms with van der Waals surface area (Å²) in [5, 5.41) is 4.36. The van der Waals surface area contributed by atoms with E-state index in [4.69, 9.17) is 19.3 Å². The molecule has 2 unspecified atom stereocenters. The maximum absolute atomic E-state index is 15.0. The quantitative estimate of drug-likeness (QED) is 0.388. The number of fused-ring (bicyclic) bond motifs is 1. The molecule has 37 heavy (non-hydrogen) atoms. The number of nitrogens with zero attached hydrogens (tertiary/aromatic N) is 5. The first kappa shape index (κ1) is 26.5. The third-order valence-electron chi connectivity index (χ3n) is 5.69. The fourth-order valence-electron chi connectivity index (χ4n) is 4.16. The highest BCUT2D eigenvalue weighted by atomic mass is 31.2. The van der Waals surface area contributed by atoms with Crippen molar-refractivity contribution in [2.75, 3.05) is 22.9 Å². The highest BCUT2D eigenvalue weighted by Gasteiger charge is 2.37. The van der Waals surface area contributed by atoms with E-state index >= 15 is 4.39 Å². The SMILES string of the molecule is CC(=O)N(CC1CN(c2ccc(N3Cc4cn(C)nc4C3)c(F)c2)C(=O)O1)C(=O)OC(C)OP(=O)(O)O. The van der Waals surface area contributed by atoms with Crippen molar-refractivity contribution in [3.63, 3.8) is 0 Å². The Labute approximate surface area is 210 Å². The van der Waals surface area contributed by atoms with E-state index in [1.165, 1.54) is 11.0 Å². The maximum atomic E-state index is 15.0. The highest BCUT2D eigenvalue weighted by Crippen LogP contribution is 2.38. The molecule has 3 amide bonds. The predicted octanol–water partition coefficient (Wildman–Crippen LogP) is 1.84. The third kappa shape index (κ3) is 6.07. The van der Waals surface area contributed by atoms with Crippen LogP contribution in [0.1, 0.15) is 25.1 Å². The van der Waals surface area contributed by atoms with Gasteiger partial charge < -0.3 is 24.2 Å². The van der Waals surface area contributed by atoms with Gasteiger partial charge in [0.05, 0.1) is 36.7 Å². The Balaban J connectivity index is 1.40. The molecule has 2 aliphatic rings. The minimum Gasteiger partial charge on any atom is -0.442 e. The van der Waals surface area contributed by atoms with E-state index in [1.54, 1.807) is 16.8 Å². The summed E-state index contributed by atoms with van der Waals surface area (Å²) in [6.07, 6.45) is -2.79. The highest BCUT2D eigenvalue weighted by molar-refractivity contribution is 7.46. The number of hydrogen-bond donors (Lipinski definition) is 2. The van der Waals surface area contributed by atoms with Crippen molar-refractivity contribution in [3.05, 3.63) is 41.5 Å². The van der Waals surface area contributed by atoms with Gasteiger partial charge in [-0.05, 0) is 25.1 Å². The second-order valence-electron chi connectivity index (χ2n) is 8.56. The first-order valence-electron chi connectivity index (χ1n) is 11.1. The second-order valence-corrected chi connectivity index (χ2v) is 9.75. The monoisotopic (exact) mass is 541 g/mol. The summed E-state index contributed by atoms with van der Waals surface area (Å²) in [5.74, 6) is -1.31. The molecule has 3 heterocycles. The topological polar surface area (TPSA) is 164 Å². The van der Waals surface area contributed by atoms with Crippen molar-refractivity contribution in [1.29, 1.82) is 0 Å². The number of ether oxygens (including phenoxy) is 2. The lowest BCUT2D eigenvalue weighted by molar-refractivity contribution is -0.130. The normalized spacial score (nSPS) is 18.0.